The molecule has 1 heterocycles. The van der Waals surface area contributed by atoms with E-state index in [1.165, 1.54) is 24.8 Å². The van der Waals surface area contributed by atoms with Crippen LogP contribution in [0.1, 0.15) is 49.1 Å². The SMILES string of the molecule is CN1CCCC(O)(c2ccc(C3CCC3)cc2)C1. The standard InChI is InChI=1S/C16H23NO/c1-17-11-3-10-16(18,12-17)15-8-6-14(7-9-15)13-4-2-5-13/h6-9,13,18H,2-5,10-12H2,1H3. The van der Waals surface area contributed by atoms with Gasteiger partial charge in [-0.15, -0.1) is 0 Å². The molecule has 18 heavy (non-hydrogen) atoms. The van der Waals surface area contributed by atoms with E-state index < -0.39 is 5.60 Å². The predicted octanol–water partition coefficient (Wildman–Crippen LogP) is 2.87. The largest absolute Gasteiger partial charge is 0.384 e. The first-order chi connectivity index (χ1) is 8.67. The molecule has 1 aliphatic carbocycles. The number of hydrogen-bond acceptors (Lipinski definition) is 2. The van der Waals surface area contributed by atoms with E-state index in [1.807, 2.05) is 0 Å². The predicted molar refractivity (Wildman–Crippen MR) is 73.7 cm³/mol. The van der Waals surface area contributed by atoms with E-state index in [9.17, 15) is 5.11 Å². The molecule has 1 saturated carbocycles. The number of hydrogen-bond donors (Lipinski definition) is 1. The number of rotatable bonds is 2. The summed E-state index contributed by atoms with van der Waals surface area (Å²) >= 11 is 0. The average molecular weight is 245 g/mol. The summed E-state index contributed by atoms with van der Waals surface area (Å²) in [6, 6.07) is 8.75. The van der Waals surface area contributed by atoms with Gasteiger partial charge in [-0.25, -0.2) is 0 Å². The Morgan fingerprint density at radius 1 is 1.17 bits per heavy atom. The zero-order chi connectivity index (χ0) is 12.6. The third-order valence-corrected chi connectivity index (χ3v) is 4.69. The summed E-state index contributed by atoms with van der Waals surface area (Å²) in [7, 11) is 2.09. The fourth-order valence-corrected chi connectivity index (χ4v) is 3.29. The van der Waals surface area contributed by atoms with Gasteiger partial charge in [0.05, 0.1) is 0 Å². The maximum absolute atomic E-state index is 10.8. The molecular weight excluding hydrogens is 222 g/mol. The molecule has 1 aliphatic heterocycles. The fourth-order valence-electron chi connectivity index (χ4n) is 3.29. The second-order valence-corrected chi connectivity index (χ2v) is 6.12. The number of nitrogens with zero attached hydrogens (tertiary/aromatic N) is 1. The Kier molecular flexibility index (Phi) is 3.16. The van der Waals surface area contributed by atoms with Gasteiger partial charge in [0.25, 0.3) is 0 Å². The first-order valence-corrected chi connectivity index (χ1v) is 7.19. The first-order valence-electron chi connectivity index (χ1n) is 7.19. The monoisotopic (exact) mass is 245 g/mol. The summed E-state index contributed by atoms with van der Waals surface area (Å²) in [6.07, 6.45) is 6.03. The quantitative estimate of drug-likeness (QED) is 0.866. The lowest BCUT2D eigenvalue weighted by molar-refractivity contribution is -0.0277. The van der Waals surface area contributed by atoms with Crippen molar-refractivity contribution < 1.29 is 5.11 Å². The van der Waals surface area contributed by atoms with Crippen molar-refractivity contribution in [2.45, 2.75) is 43.6 Å². The molecule has 2 heteroatoms. The lowest BCUT2D eigenvalue weighted by atomic mass is 9.78. The molecule has 1 N–H and O–H groups in total. The molecule has 2 fully saturated rings. The van der Waals surface area contributed by atoms with Crippen molar-refractivity contribution in [3.05, 3.63) is 35.4 Å². The van der Waals surface area contributed by atoms with Crippen LogP contribution in [0, 0.1) is 0 Å². The van der Waals surface area contributed by atoms with Gasteiger partial charge in [-0.05, 0) is 56.3 Å². The highest BCUT2D eigenvalue weighted by Crippen LogP contribution is 2.37. The molecule has 3 rings (SSSR count). The molecule has 1 saturated heterocycles. The van der Waals surface area contributed by atoms with Gasteiger partial charge in [0, 0.05) is 6.54 Å². The van der Waals surface area contributed by atoms with E-state index in [4.69, 9.17) is 0 Å². The summed E-state index contributed by atoms with van der Waals surface area (Å²) < 4.78 is 0. The zero-order valence-corrected chi connectivity index (χ0v) is 11.2. The highest BCUT2D eigenvalue weighted by atomic mass is 16.3. The van der Waals surface area contributed by atoms with Gasteiger partial charge in [0.15, 0.2) is 0 Å². The van der Waals surface area contributed by atoms with Gasteiger partial charge >= 0.3 is 0 Å². The van der Waals surface area contributed by atoms with Crippen molar-refractivity contribution in [2.24, 2.45) is 0 Å². The molecule has 0 aromatic heterocycles. The second-order valence-electron chi connectivity index (χ2n) is 6.12. The minimum absolute atomic E-state index is 0.634. The molecule has 1 unspecified atom stereocenters. The summed E-state index contributed by atoms with van der Waals surface area (Å²) in [6.45, 7) is 1.86. The Labute approximate surface area is 110 Å². The van der Waals surface area contributed by atoms with Crippen LogP contribution in [0.5, 0.6) is 0 Å². The normalized spacial score (nSPS) is 30.1. The minimum atomic E-state index is -0.634. The van der Waals surface area contributed by atoms with E-state index in [1.54, 1.807) is 0 Å². The molecule has 1 aromatic rings. The Hall–Kier alpha value is -0.860. The molecule has 98 valence electrons. The van der Waals surface area contributed by atoms with Crippen molar-refractivity contribution in [3.63, 3.8) is 0 Å². The maximum Gasteiger partial charge on any atom is 0.102 e. The van der Waals surface area contributed by atoms with Crippen molar-refractivity contribution >= 4 is 0 Å². The Bertz CT molecular complexity index is 410. The molecular formula is C16H23NO. The molecule has 0 bridgehead atoms. The molecule has 0 spiro atoms. The van der Waals surface area contributed by atoms with Gasteiger partial charge in [-0.2, -0.15) is 0 Å². The number of likely N-dealkylation sites (tertiary alicyclic amines) is 1. The van der Waals surface area contributed by atoms with E-state index in [0.717, 1.165) is 37.4 Å². The topological polar surface area (TPSA) is 23.5 Å². The Balaban J connectivity index is 1.78. The summed E-state index contributed by atoms with van der Waals surface area (Å²) in [5, 5.41) is 10.8. The van der Waals surface area contributed by atoms with Crippen LogP contribution in [0.3, 0.4) is 0 Å². The average Bonchev–Trinajstić information content (AvgIpc) is 2.27. The lowest BCUT2D eigenvalue weighted by Gasteiger charge is -2.38. The van der Waals surface area contributed by atoms with Crippen LogP contribution < -0.4 is 0 Å². The van der Waals surface area contributed by atoms with Crippen molar-refractivity contribution in [2.75, 3.05) is 20.1 Å². The van der Waals surface area contributed by atoms with Crippen molar-refractivity contribution in [1.82, 2.24) is 4.90 Å². The highest BCUT2D eigenvalue weighted by molar-refractivity contribution is 5.30. The van der Waals surface area contributed by atoms with Crippen LogP contribution in [-0.4, -0.2) is 30.1 Å². The van der Waals surface area contributed by atoms with Gasteiger partial charge in [-0.3, -0.25) is 0 Å². The van der Waals surface area contributed by atoms with Crippen molar-refractivity contribution in [3.8, 4) is 0 Å². The minimum Gasteiger partial charge on any atom is -0.384 e. The smallest absolute Gasteiger partial charge is 0.102 e. The molecule has 0 radical (unpaired) electrons. The third kappa shape index (κ3) is 2.19. The first kappa shape index (κ1) is 12.2. The highest BCUT2D eigenvalue weighted by Gasteiger charge is 2.33. The van der Waals surface area contributed by atoms with E-state index in [0.29, 0.717) is 0 Å². The number of benzene rings is 1. The Morgan fingerprint density at radius 3 is 2.44 bits per heavy atom. The summed E-state index contributed by atoms with van der Waals surface area (Å²) in [4.78, 5) is 2.23. The van der Waals surface area contributed by atoms with Gasteiger partial charge < -0.3 is 10.0 Å². The maximum atomic E-state index is 10.8. The fraction of sp³-hybridized carbons (Fsp3) is 0.625. The number of β-amino-alcohol motifs (C(OH)–C–C–N with tert-alkyl or cyclic N) is 1. The van der Waals surface area contributed by atoms with Crippen LogP contribution in [0.15, 0.2) is 24.3 Å². The molecule has 1 atom stereocenters. The summed E-state index contributed by atoms with van der Waals surface area (Å²) in [5.41, 5.74) is 1.92. The van der Waals surface area contributed by atoms with E-state index in [2.05, 4.69) is 36.2 Å². The van der Waals surface area contributed by atoms with E-state index in [-0.39, 0.29) is 0 Å². The molecule has 1 aromatic carbocycles. The number of likely N-dealkylation sites (N-methyl/N-ethyl adjacent to an activating group) is 1. The number of piperidine rings is 1. The molecule has 2 nitrogen and oxygen atoms in total. The van der Waals surface area contributed by atoms with Gasteiger partial charge in [0.2, 0.25) is 0 Å². The van der Waals surface area contributed by atoms with Gasteiger partial charge in [0.1, 0.15) is 5.60 Å². The third-order valence-electron chi connectivity index (χ3n) is 4.69. The van der Waals surface area contributed by atoms with Crippen molar-refractivity contribution in [1.29, 1.82) is 0 Å². The Morgan fingerprint density at radius 2 is 1.89 bits per heavy atom. The van der Waals surface area contributed by atoms with Crippen LogP contribution in [0.2, 0.25) is 0 Å². The van der Waals surface area contributed by atoms with Crippen LogP contribution in [0.4, 0.5) is 0 Å². The van der Waals surface area contributed by atoms with E-state index >= 15 is 0 Å². The molecule has 2 aliphatic rings. The van der Waals surface area contributed by atoms with Crippen LogP contribution in [0.25, 0.3) is 0 Å². The number of aliphatic hydroxyl groups is 1. The second kappa shape index (κ2) is 4.67. The van der Waals surface area contributed by atoms with Crippen LogP contribution in [-0.2, 0) is 5.60 Å². The molecule has 0 amide bonds. The lowest BCUT2D eigenvalue weighted by Crippen LogP contribution is -2.44. The van der Waals surface area contributed by atoms with Gasteiger partial charge in [-0.1, -0.05) is 30.7 Å². The van der Waals surface area contributed by atoms with Crippen LogP contribution >= 0.6 is 0 Å². The zero-order valence-electron chi connectivity index (χ0n) is 11.2. The summed E-state index contributed by atoms with van der Waals surface area (Å²) in [5.74, 6) is 0.780.